The number of aliphatic carboxylic acids is 1. The average molecular weight is 435 g/mol. The SMILES string of the molecule is O=C(N[C@@H](Cc1ccccc1)C1=NO[C@H](C(=O)N2CCC[C@H]2C(=O)O)C1)c1ccccc1. The molecule has 0 aromatic heterocycles. The van der Waals surface area contributed by atoms with Crippen LogP contribution in [0.2, 0.25) is 0 Å². The Morgan fingerprint density at radius 3 is 2.47 bits per heavy atom. The Labute approximate surface area is 185 Å². The third-order valence-electron chi connectivity index (χ3n) is 5.81. The van der Waals surface area contributed by atoms with E-state index in [9.17, 15) is 19.5 Å². The second-order valence-corrected chi connectivity index (χ2v) is 7.99. The van der Waals surface area contributed by atoms with Gasteiger partial charge in [0, 0.05) is 18.5 Å². The second-order valence-electron chi connectivity index (χ2n) is 7.99. The van der Waals surface area contributed by atoms with Crippen LogP contribution in [0.1, 0.15) is 35.2 Å². The van der Waals surface area contributed by atoms with E-state index in [0.717, 1.165) is 5.56 Å². The summed E-state index contributed by atoms with van der Waals surface area (Å²) >= 11 is 0. The van der Waals surface area contributed by atoms with Crippen molar-refractivity contribution in [2.24, 2.45) is 5.16 Å². The lowest BCUT2D eigenvalue weighted by atomic mass is 9.97. The first-order chi connectivity index (χ1) is 15.5. The lowest BCUT2D eigenvalue weighted by Gasteiger charge is -2.23. The van der Waals surface area contributed by atoms with Crippen LogP contribution in [0.4, 0.5) is 0 Å². The van der Waals surface area contributed by atoms with Crippen molar-refractivity contribution in [3.8, 4) is 0 Å². The van der Waals surface area contributed by atoms with Crippen molar-refractivity contribution >= 4 is 23.5 Å². The van der Waals surface area contributed by atoms with Gasteiger partial charge in [0.25, 0.3) is 11.8 Å². The van der Waals surface area contributed by atoms with E-state index in [2.05, 4.69) is 10.5 Å². The minimum Gasteiger partial charge on any atom is -0.480 e. The molecule has 2 aromatic rings. The molecule has 2 heterocycles. The number of hydrogen-bond acceptors (Lipinski definition) is 5. The molecular weight excluding hydrogens is 410 g/mol. The molecule has 2 aliphatic rings. The van der Waals surface area contributed by atoms with Crippen molar-refractivity contribution in [2.75, 3.05) is 6.54 Å². The summed E-state index contributed by atoms with van der Waals surface area (Å²) in [7, 11) is 0. The summed E-state index contributed by atoms with van der Waals surface area (Å²) in [5, 5.41) is 16.5. The molecule has 0 aliphatic carbocycles. The highest BCUT2D eigenvalue weighted by molar-refractivity contribution is 6.01. The topological polar surface area (TPSA) is 108 Å². The van der Waals surface area contributed by atoms with Crippen LogP contribution in [0.3, 0.4) is 0 Å². The van der Waals surface area contributed by atoms with Crippen molar-refractivity contribution in [1.29, 1.82) is 0 Å². The maximum Gasteiger partial charge on any atom is 0.326 e. The second kappa shape index (κ2) is 9.64. The fraction of sp³-hybridized carbons (Fsp3) is 0.333. The van der Waals surface area contributed by atoms with E-state index >= 15 is 0 Å². The van der Waals surface area contributed by atoms with E-state index in [1.165, 1.54) is 4.90 Å². The summed E-state index contributed by atoms with van der Waals surface area (Å²) in [5.74, 6) is -1.62. The molecule has 0 radical (unpaired) electrons. The number of hydrogen-bond donors (Lipinski definition) is 2. The van der Waals surface area contributed by atoms with Gasteiger partial charge in [0.2, 0.25) is 6.10 Å². The van der Waals surface area contributed by atoms with Crippen molar-refractivity contribution in [2.45, 2.75) is 43.9 Å². The zero-order chi connectivity index (χ0) is 22.5. The minimum absolute atomic E-state index is 0.203. The average Bonchev–Trinajstić information content (AvgIpc) is 3.50. The van der Waals surface area contributed by atoms with Crippen molar-refractivity contribution in [1.82, 2.24) is 10.2 Å². The predicted molar refractivity (Wildman–Crippen MR) is 117 cm³/mol. The molecule has 2 N–H and O–H groups in total. The molecule has 166 valence electrons. The summed E-state index contributed by atoms with van der Waals surface area (Å²) in [6.45, 7) is 0.392. The Balaban J connectivity index is 1.48. The molecule has 4 rings (SSSR count). The van der Waals surface area contributed by atoms with Gasteiger partial charge in [0.1, 0.15) is 6.04 Å². The monoisotopic (exact) mass is 435 g/mol. The van der Waals surface area contributed by atoms with Crippen LogP contribution < -0.4 is 5.32 Å². The Bertz CT molecular complexity index is 1010. The number of oxime groups is 1. The van der Waals surface area contributed by atoms with Crippen LogP contribution in [0.15, 0.2) is 65.8 Å². The highest BCUT2D eigenvalue weighted by Gasteiger charge is 2.41. The number of nitrogens with one attached hydrogen (secondary N) is 1. The van der Waals surface area contributed by atoms with Crippen LogP contribution in [-0.4, -0.2) is 58.2 Å². The molecule has 3 atom stereocenters. The Hall–Kier alpha value is -3.68. The molecule has 0 unspecified atom stereocenters. The van der Waals surface area contributed by atoms with Gasteiger partial charge in [-0.15, -0.1) is 0 Å². The number of rotatable bonds is 7. The first kappa shape index (κ1) is 21.5. The van der Waals surface area contributed by atoms with Crippen LogP contribution in [0, 0.1) is 0 Å². The number of amides is 2. The van der Waals surface area contributed by atoms with Crippen LogP contribution in [-0.2, 0) is 20.8 Å². The van der Waals surface area contributed by atoms with Crippen molar-refractivity contribution in [3.05, 3.63) is 71.8 Å². The maximum atomic E-state index is 12.9. The van der Waals surface area contributed by atoms with Crippen molar-refractivity contribution in [3.63, 3.8) is 0 Å². The van der Waals surface area contributed by atoms with E-state index in [-0.39, 0.29) is 18.2 Å². The van der Waals surface area contributed by atoms with Crippen LogP contribution in [0.5, 0.6) is 0 Å². The number of carboxylic acid groups (broad SMARTS) is 1. The summed E-state index contributed by atoms with van der Waals surface area (Å²) in [4.78, 5) is 43.9. The summed E-state index contributed by atoms with van der Waals surface area (Å²) in [6, 6.07) is 17.3. The third-order valence-corrected chi connectivity index (χ3v) is 5.81. The lowest BCUT2D eigenvalue weighted by Crippen LogP contribution is -2.46. The summed E-state index contributed by atoms with van der Waals surface area (Å²) < 4.78 is 0. The zero-order valence-corrected chi connectivity index (χ0v) is 17.5. The van der Waals surface area contributed by atoms with Gasteiger partial charge in [-0.25, -0.2) is 4.79 Å². The summed E-state index contributed by atoms with van der Waals surface area (Å²) in [6.07, 6.45) is 0.896. The van der Waals surface area contributed by atoms with E-state index in [4.69, 9.17) is 4.84 Å². The Kier molecular flexibility index (Phi) is 6.49. The van der Waals surface area contributed by atoms with Gasteiger partial charge < -0.3 is 20.2 Å². The number of carbonyl (C=O) groups is 3. The maximum absolute atomic E-state index is 12.9. The van der Waals surface area contributed by atoms with Gasteiger partial charge >= 0.3 is 5.97 Å². The van der Waals surface area contributed by atoms with Crippen LogP contribution >= 0.6 is 0 Å². The van der Waals surface area contributed by atoms with Gasteiger partial charge in [-0.2, -0.15) is 0 Å². The molecule has 2 amide bonds. The molecule has 0 bridgehead atoms. The molecule has 0 saturated carbocycles. The largest absolute Gasteiger partial charge is 0.480 e. The molecule has 0 spiro atoms. The highest BCUT2D eigenvalue weighted by Crippen LogP contribution is 2.23. The fourth-order valence-electron chi connectivity index (χ4n) is 4.14. The highest BCUT2D eigenvalue weighted by atomic mass is 16.6. The number of benzene rings is 2. The first-order valence-electron chi connectivity index (χ1n) is 10.7. The van der Waals surface area contributed by atoms with Crippen molar-refractivity contribution < 1.29 is 24.3 Å². The molecule has 2 aromatic carbocycles. The predicted octanol–water partition coefficient (Wildman–Crippen LogP) is 2.25. The van der Waals surface area contributed by atoms with Gasteiger partial charge in [-0.3, -0.25) is 9.59 Å². The van der Waals surface area contributed by atoms with E-state index in [0.29, 0.717) is 37.1 Å². The Morgan fingerprint density at radius 1 is 1.09 bits per heavy atom. The number of nitrogens with zero attached hydrogens (tertiary/aromatic N) is 2. The molecule has 1 saturated heterocycles. The molecule has 1 fully saturated rings. The molecular formula is C24H25N3O5. The quantitative estimate of drug-likeness (QED) is 0.694. The number of carboxylic acids is 1. The zero-order valence-electron chi connectivity index (χ0n) is 17.5. The van der Waals surface area contributed by atoms with Gasteiger partial charge in [-0.05, 0) is 37.0 Å². The third kappa shape index (κ3) is 4.80. The standard InChI is InChI=1S/C24H25N3O5/c28-22(17-10-5-2-6-11-17)25-18(14-16-8-3-1-4-9-16)19-15-21(32-26-19)23(29)27-13-7-12-20(27)24(30)31/h1-6,8-11,18,20-21H,7,12-15H2,(H,25,28)(H,30,31)/t18-,20-,21-/m0/s1. The van der Waals surface area contributed by atoms with E-state index in [1.54, 1.807) is 24.3 Å². The van der Waals surface area contributed by atoms with Gasteiger partial charge in [0.15, 0.2) is 0 Å². The van der Waals surface area contributed by atoms with Gasteiger partial charge in [-0.1, -0.05) is 53.7 Å². The molecule has 8 heteroatoms. The number of carbonyl (C=O) groups excluding carboxylic acids is 2. The molecule has 2 aliphatic heterocycles. The number of likely N-dealkylation sites (tertiary alicyclic amines) is 1. The molecule has 32 heavy (non-hydrogen) atoms. The van der Waals surface area contributed by atoms with Gasteiger partial charge in [0.05, 0.1) is 11.8 Å². The first-order valence-corrected chi connectivity index (χ1v) is 10.7. The smallest absolute Gasteiger partial charge is 0.326 e. The van der Waals surface area contributed by atoms with E-state index in [1.807, 2.05) is 36.4 Å². The van der Waals surface area contributed by atoms with E-state index < -0.39 is 24.2 Å². The van der Waals surface area contributed by atoms with Crippen LogP contribution in [0.25, 0.3) is 0 Å². The minimum atomic E-state index is -1.01. The fourth-order valence-corrected chi connectivity index (χ4v) is 4.14. The normalized spacial score (nSPS) is 20.9. The lowest BCUT2D eigenvalue weighted by molar-refractivity contribution is -0.153. The Morgan fingerprint density at radius 2 is 1.78 bits per heavy atom. The summed E-state index contributed by atoms with van der Waals surface area (Å²) in [5.41, 5.74) is 2.09. The molecule has 8 nitrogen and oxygen atoms in total.